The Labute approximate surface area is 162 Å². The fourth-order valence-corrected chi connectivity index (χ4v) is 5.31. The number of rotatable bonds is 5. The number of thiazole rings is 1. The van der Waals surface area contributed by atoms with Crippen LogP contribution in [0.1, 0.15) is 61.8 Å². The van der Waals surface area contributed by atoms with Crippen molar-refractivity contribution in [3.05, 3.63) is 26.9 Å². The van der Waals surface area contributed by atoms with Gasteiger partial charge < -0.3 is 5.32 Å². The van der Waals surface area contributed by atoms with Gasteiger partial charge in [0.25, 0.3) is 0 Å². The average molecular weight is 390 g/mol. The minimum atomic E-state index is -0.235. The van der Waals surface area contributed by atoms with Crippen LogP contribution in [0.5, 0.6) is 0 Å². The quantitative estimate of drug-likeness (QED) is 0.852. The zero-order chi connectivity index (χ0) is 18.8. The molecule has 7 nitrogen and oxygen atoms in total. The third kappa shape index (κ3) is 4.00. The van der Waals surface area contributed by atoms with Crippen molar-refractivity contribution in [2.75, 3.05) is 5.32 Å². The Morgan fingerprint density at radius 1 is 1.30 bits per heavy atom. The highest BCUT2D eigenvalue weighted by Crippen LogP contribution is 2.34. The molecule has 27 heavy (non-hydrogen) atoms. The first-order chi connectivity index (χ1) is 13.1. The molecule has 3 heterocycles. The Kier molecular flexibility index (Phi) is 5.43. The third-order valence-corrected chi connectivity index (χ3v) is 6.60. The summed E-state index contributed by atoms with van der Waals surface area (Å²) in [4.78, 5) is 30.8. The van der Waals surface area contributed by atoms with Gasteiger partial charge in [-0.25, -0.2) is 14.5 Å². The zero-order valence-electron chi connectivity index (χ0n) is 15.9. The van der Waals surface area contributed by atoms with Gasteiger partial charge in [0.15, 0.2) is 5.13 Å². The van der Waals surface area contributed by atoms with Gasteiger partial charge in [0.1, 0.15) is 12.4 Å². The van der Waals surface area contributed by atoms with E-state index in [4.69, 9.17) is 0 Å². The maximum atomic E-state index is 12.5. The number of hydrogen-bond acceptors (Lipinski definition) is 5. The molecule has 4 rings (SSSR count). The van der Waals surface area contributed by atoms with Crippen molar-refractivity contribution >= 4 is 22.4 Å². The van der Waals surface area contributed by atoms with E-state index in [0.717, 1.165) is 56.0 Å². The van der Waals surface area contributed by atoms with E-state index in [0.29, 0.717) is 11.7 Å². The van der Waals surface area contributed by atoms with Crippen LogP contribution in [0.15, 0.2) is 4.79 Å². The van der Waals surface area contributed by atoms with E-state index < -0.39 is 0 Å². The van der Waals surface area contributed by atoms with Gasteiger partial charge >= 0.3 is 5.69 Å². The summed E-state index contributed by atoms with van der Waals surface area (Å²) in [7, 11) is 0. The fraction of sp³-hybridized carbons (Fsp3) is 0.684. The van der Waals surface area contributed by atoms with Crippen LogP contribution in [0.25, 0.3) is 0 Å². The van der Waals surface area contributed by atoms with Gasteiger partial charge in [-0.05, 0) is 38.0 Å². The minimum Gasteiger partial charge on any atom is -0.300 e. The summed E-state index contributed by atoms with van der Waals surface area (Å²) >= 11 is 1.58. The van der Waals surface area contributed by atoms with Crippen molar-refractivity contribution in [1.29, 1.82) is 0 Å². The Morgan fingerprint density at radius 3 is 3.04 bits per heavy atom. The summed E-state index contributed by atoms with van der Waals surface area (Å²) in [6.07, 6.45) is 9.70. The molecule has 2 aliphatic rings. The number of anilines is 1. The monoisotopic (exact) mass is 389 g/mol. The molecule has 1 unspecified atom stereocenters. The highest BCUT2D eigenvalue weighted by Gasteiger charge is 2.23. The maximum Gasteiger partial charge on any atom is 0.346 e. The molecule has 8 heteroatoms. The second-order valence-corrected chi connectivity index (χ2v) is 8.74. The molecule has 2 aromatic heterocycles. The van der Waals surface area contributed by atoms with E-state index in [2.05, 4.69) is 22.3 Å². The Bertz CT molecular complexity index is 881. The van der Waals surface area contributed by atoms with Crippen LogP contribution in [0, 0.1) is 5.92 Å². The number of hydrogen-bond donors (Lipinski definition) is 1. The molecule has 0 bridgehead atoms. The number of carbonyl (C=O) groups is 1. The van der Waals surface area contributed by atoms with Crippen LogP contribution >= 0.6 is 11.3 Å². The lowest BCUT2D eigenvalue weighted by Gasteiger charge is -2.19. The Morgan fingerprint density at radius 2 is 2.19 bits per heavy atom. The third-order valence-electron chi connectivity index (χ3n) is 5.56. The van der Waals surface area contributed by atoms with Crippen LogP contribution in [0.4, 0.5) is 5.13 Å². The van der Waals surface area contributed by atoms with E-state index in [9.17, 15) is 9.59 Å². The van der Waals surface area contributed by atoms with E-state index in [1.807, 2.05) is 0 Å². The normalized spacial score (nSPS) is 19.2. The van der Waals surface area contributed by atoms with Crippen molar-refractivity contribution in [1.82, 2.24) is 19.3 Å². The number of nitrogens with one attached hydrogen (secondary N) is 1. The van der Waals surface area contributed by atoms with Gasteiger partial charge in [-0.3, -0.25) is 9.36 Å². The first-order valence-corrected chi connectivity index (χ1v) is 10.9. The lowest BCUT2D eigenvalue weighted by Crippen LogP contribution is -2.30. The topological polar surface area (TPSA) is 81.8 Å². The van der Waals surface area contributed by atoms with E-state index in [1.54, 1.807) is 15.9 Å². The Hall–Kier alpha value is -1.96. The summed E-state index contributed by atoms with van der Waals surface area (Å²) in [6.45, 7) is 2.88. The number of carbonyl (C=O) groups excluding carboxylic acids is 1. The van der Waals surface area contributed by atoms with Gasteiger partial charge in [-0.2, -0.15) is 5.10 Å². The lowest BCUT2D eigenvalue weighted by atomic mass is 9.88. The molecule has 1 N–H and O–H groups in total. The minimum absolute atomic E-state index is 0.0540. The molecule has 146 valence electrons. The molecule has 1 aliphatic heterocycles. The van der Waals surface area contributed by atoms with Crippen molar-refractivity contribution < 1.29 is 4.79 Å². The largest absolute Gasteiger partial charge is 0.346 e. The second-order valence-electron chi connectivity index (χ2n) is 7.65. The molecule has 1 aliphatic carbocycles. The average Bonchev–Trinajstić information content (AvgIpc) is 3.05. The summed E-state index contributed by atoms with van der Waals surface area (Å²) in [5.74, 6) is 1.31. The Balaban J connectivity index is 1.41. The molecule has 1 amide bonds. The predicted molar refractivity (Wildman–Crippen MR) is 105 cm³/mol. The van der Waals surface area contributed by atoms with Crippen molar-refractivity contribution in [2.24, 2.45) is 5.92 Å². The van der Waals surface area contributed by atoms with E-state index in [-0.39, 0.29) is 18.1 Å². The molecular weight excluding hydrogens is 362 g/mol. The molecular formula is C19H27N5O2S. The first-order valence-electron chi connectivity index (χ1n) is 10.1. The van der Waals surface area contributed by atoms with Gasteiger partial charge in [0, 0.05) is 17.8 Å². The standard InChI is InChI=1S/C19H27N5O2S/c1-2-6-13-8-9-14-15(11-13)27-18(20-14)21-17(25)12-24-19(26)23-10-5-3-4-7-16(23)22-24/h13H,2-12H2,1H3,(H,20,21,25). The van der Waals surface area contributed by atoms with E-state index in [1.165, 1.54) is 28.8 Å². The molecule has 0 saturated heterocycles. The van der Waals surface area contributed by atoms with Crippen LogP contribution < -0.4 is 11.0 Å². The second kappa shape index (κ2) is 7.96. The highest BCUT2D eigenvalue weighted by atomic mass is 32.1. The van der Waals surface area contributed by atoms with Gasteiger partial charge in [-0.1, -0.05) is 26.2 Å². The van der Waals surface area contributed by atoms with Crippen LogP contribution in [-0.2, 0) is 37.1 Å². The molecule has 0 radical (unpaired) electrons. The summed E-state index contributed by atoms with van der Waals surface area (Å²) in [5, 5.41) is 7.90. The summed E-state index contributed by atoms with van der Waals surface area (Å²) < 4.78 is 3.01. The van der Waals surface area contributed by atoms with E-state index >= 15 is 0 Å². The molecule has 0 saturated carbocycles. The smallest absolute Gasteiger partial charge is 0.300 e. The number of aromatic nitrogens is 4. The van der Waals surface area contributed by atoms with Gasteiger partial charge in [0.2, 0.25) is 5.91 Å². The fourth-order valence-electron chi connectivity index (χ4n) is 4.17. The highest BCUT2D eigenvalue weighted by molar-refractivity contribution is 7.15. The van der Waals surface area contributed by atoms with Crippen LogP contribution in [0.3, 0.4) is 0 Å². The maximum absolute atomic E-state index is 12.5. The SMILES string of the molecule is CCCC1CCc2nc(NC(=O)Cn3nc4n(c3=O)CCCCC4)sc2C1. The van der Waals surface area contributed by atoms with Gasteiger partial charge in [0.05, 0.1) is 5.69 Å². The molecule has 0 aromatic carbocycles. The zero-order valence-corrected chi connectivity index (χ0v) is 16.7. The molecule has 1 atom stereocenters. The summed E-state index contributed by atoms with van der Waals surface area (Å²) in [6, 6.07) is 0. The molecule has 0 fully saturated rings. The predicted octanol–water partition coefficient (Wildman–Crippen LogP) is 2.77. The molecule has 0 spiro atoms. The van der Waals surface area contributed by atoms with Crippen LogP contribution in [0.2, 0.25) is 0 Å². The first kappa shape index (κ1) is 18.4. The van der Waals surface area contributed by atoms with Crippen molar-refractivity contribution in [3.63, 3.8) is 0 Å². The van der Waals surface area contributed by atoms with Crippen molar-refractivity contribution in [3.8, 4) is 0 Å². The molecule has 2 aromatic rings. The van der Waals surface area contributed by atoms with Gasteiger partial charge in [-0.15, -0.1) is 11.3 Å². The number of nitrogens with zero attached hydrogens (tertiary/aromatic N) is 4. The number of fused-ring (bicyclic) bond motifs is 2. The van der Waals surface area contributed by atoms with Crippen LogP contribution in [-0.4, -0.2) is 25.2 Å². The lowest BCUT2D eigenvalue weighted by molar-refractivity contribution is -0.117. The van der Waals surface area contributed by atoms with Crippen molar-refractivity contribution in [2.45, 2.75) is 77.8 Å². The number of aryl methyl sites for hydroxylation is 2. The number of amides is 1. The summed E-state index contributed by atoms with van der Waals surface area (Å²) in [5.41, 5.74) is 0.955.